The van der Waals surface area contributed by atoms with Crippen molar-refractivity contribution in [3.63, 3.8) is 0 Å². The van der Waals surface area contributed by atoms with Gasteiger partial charge in [0.15, 0.2) is 0 Å². The standard InChI is InChI=1S/C14H25NO4/c1-4-8-11(14(17)19-5-2)15-10-7-6-9-12(15)13(16)18-3/h11-12H,4-10H2,1-3H3/t11?,12-/m1/s1. The zero-order valence-electron chi connectivity index (χ0n) is 12.2. The van der Waals surface area contributed by atoms with Gasteiger partial charge in [0.1, 0.15) is 12.1 Å². The Balaban J connectivity index is 2.83. The molecule has 1 heterocycles. The SMILES string of the molecule is CCCC(C(=O)OCC)N1CCCC[C@@H]1C(=O)OC. The maximum absolute atomic E-state index is 12.1. The Morgan fingerprint density at radius 3 is 2.63 bits per heavy atom. The van der Waals surface area contributed by atoms with Crippen LogP contribution in [-0.4, -0.2) is 49.2 Å². The first-order valence-electron chi connectivity index (χ1n) is 7.15. The van der Waals surface area contributed by atoms with Gasteiger partial charge in [0, 0.05) is 0 Å². The monoisotopic (exact) mass is 271 g/mol. The van der Waals surface area contributed by atoms with Crippen LogP contribution >= 0.6 is 0 Å². The lowest BCUT2D eigenvalue weighted by molar-refractivity contribution is -0.158. The number of methoxy groups -OCH3 is 1. The van der Waals surface area contributed by atoms with Gasteiger partial charge in [-0.1, -0.05) is 19.8 Å². The number of likely N-dealkylation sites (tertiary alicyclic amines) is 1. The van der Waals surface area contributed by atoms with Gasteiger partial charge >= 0.3 is 11.9 Å². The highest BCUT2D eigenvalue weighted by Gasteiger charge is 2.37. The minimum atomic E-state index is -0.325. The first kappa shape index (κ1) is 16.0. The largest absolute Gasteiger partial charge is 0.468 e. The molecule has 0 bridgehead atoms. The van der Waals surface area contributed by atoms with Gasteiger partial charge in [-0.3, -0.25) is 14.5 Å². The van der Waals surface area contributed by atoms with E-state index in [9.17, 15) is 9.59 Å². The number of carbonyl (C=O) groups excluding carboxylic acids is 2. The van der Waals surface area contributed by atoms with Crippen LogP contribution in [0.4, 0.5) is 0 Å². The molecule has 0 aromatic rings. The van der Waals surface area contributed by atoms with E-state index in [1.165, 1.54) is 7.11 Å². The van der Waals surface area contributed by atoms with Crippen LogP contribution in [0.3, 0.4) is 0 Å². The Hall–Kier alpha value is -1.10. The first-order chi connectivity index (χ1) is 9.15. The summed E-state index contributed by atoms with van der Waals surface area (Å²) in [5.74, 6) is -0.467. The number of esters is 2. The van der Waals surface area contributed by atoms with Crippen molar-refractivity contribution in [1.29, 1.82) is 0 Å². The Bertz CT molecular complexity index is 306. The molecule has 0 amide bonds. The number of hydrogen-bond acceptors (Lipinski definition) is 5. The third-order valence-corrected chi connectivity index (χ3v) is 3.54. The average Bonchev–Trinajstić information content (AvgIpc) is 2.44. The smallest absolute Gasteiger partial charge is 0.323 e. The highest BCUT2D eigenvalue weighted by Crippen LogP contribution is 2.23. The van der Waals surface area contributed by atoms with Gasteiger partial charge in [0.25, 0.3) is 0 Å². The Kier molecular flexibility index (Phi) is 6.84. The molecule has 0 N–H and O–H groups in total. The van der Waals surface area contributed by atoms with Crippen LogP contribution in [0.15, 0.2) is 0 Å². The van der Waals surface area contributed by atoms with Crippen molar-refractivity contribution in [2.24, 2.45) is 0 Å². The maximum atomic E-state index is 12.1. The van der Waals surface area contributed by atoms with E-state index in [0.717, 1.165) is 32.2 Å². The number of nitrogens with zero attached hydrogens (tertiary/aromatic N) is 1. The van der Waals surface area contributed by atoms with E-state index in [1.807, 2.05) is 11.8 Å². The van der Waals surface area contributed by atoms with Gasteiger partial charge in [-0.15, -0.1) is 0 Å². The van der Waals surface area contributed by atoms with Gasteiger partial charge in [-0.05, 0) is 32.7 Å². The van der Waals surface area contributed by atoms with Crippen molar-refractivity contribution in [2.75, 3.05) is 20.3 Å². The van der Waals surface area contributed by atoms with Crippen LogP contribution < -0.4 is 0 Å². The Morgan fingerprint density at radius 1 is 1.32 bits per heavy atom. The third kappa shape index (κ3) is 4.20. The molecule has 1 aliphatic rings. The maximum Gasteiger partial charge on any atom is 0.323 e. The van der Waals surface area contributed by atoms with Gasteiger partial charge in [-0.25, -0.2) is 0 Å². The zero-order chi connectivity index (χ0) is 14.3. The summed E-state index contributed by atoms with van der Waals surface area (Å²) in [6.45, 7) is 4.96. The second kappa shape index (κ2) is 8.15. The van der Waals surface area contributed by atoms with E-state index < -0.39 is 0 Å². The molecule has 5 heteroatoms. The number of rotatable bonds is 6. The number of piperidine rings is 1. The Morgan fingerprint density at radius 2 is 2.05 bits per heavy atom. The molecule has 2 atom stereocenters. The molecule has 0 aromatic heterocycles. The highest BCUT2D eigenvalue weighted by molar-refractivity contribution is 5.79. The summed E-state index contributed by atoms with van der Waals surface area (Å²) in [5, 5.41) is 0. The van der Waals surface area contributed by atoms with E-state index in [4.69, 9.17) is 9.47 Å². The molecule has 110 valence electrons. The first-order valence-corrected chi connectivity index (χ1v) is 7.15. The van der Waals surface area contributed by atoms with Gasteiger partial charge in [0.2, 0.25) is 0 Å². The molecule has 1 unspecified atom stereocenters. The van der Waals surface area contributed by atoms with E-state index in [2.05, 4.69) is 0 Å². The predicted molar refractivity (Wildman–Crippen MR) is 71.7 cm³/mol. The van der Waals surface area contributed by atoms with Crippen LogP contribution in [0.1, 0.15) is 46.0 Å². The van der Waals surface area contributed by atoms with Crippen molar-refractivity contribution in [1.82, 2.24) is 4.90 Å². The fourth-order valence-corrected chi connectivity index (χ4v) is 2.65. The molecular formula is C14H25NO4. The molecule has 1 saturated heterocycles. The molecule has 1 fully saturated rings. The molecule has 19 heavy (non-hydrogen) atoms. The van der Waals surface area contributed by atoms with Gasteiger partial charge in [-0.2, -0.15) is 0 Å². The summed E-state index contributed by atoms with van der Waals surface area (Å²) in [6.07, 6.45) is 4.36. The van der Waals surface area contributed by atoms with E-state index in [-0.39, 0.29) is 24.0 Å². The number of carbonyl (C=O) groups is 2. The molecule has 0 radical (unpaired) electrons. The van der Waals surface area contributed by atoms with Crippen molar-refractivity contribution >= 4 is 11.9 Å². The molecular weight excluding hydrogens is 246 g/mol. The van der Waals surface area contributed by atoms with E-state index in [0.29, 0.717) is 13.0 Å². The molecule has 1 aliphatic heterocycles. The predicted octanol–water partition coefficient (Wildman–Crippen LogP) is 1.75. The lowest BCUT2D eigenvalue weighted by Crippen LogP contribution is -2.53. The molecule has 0 aliphatic carbocycles. The second-order valence-electron chi connectivity index (χ2n) is 4.83. The van der Waals surface area contributed by atoms with E-state index >= 15 is 0 Å². The average molecular weight is 271 g/mol. The van der Waals surface area contributed by atoms with Crippen LogP contribution in [0.2, 0.25) is 0 Å². The normalized spacial score (nSPS) is 21.7. The van der Waals surface area contributed by atoms with Gasteiger partial charge < -0.3 is 9.47 Å². The summed E-state index contributed by atoms with van der Waals surface area (Å²) < 4.78 is 9.99. The molecule has 0 saturated carbocycles. The van der Waals surface area contributed by atoms with Crippen LogP contribution in [0.5, 0.6) is 0 Å². The Labute approximate surface area is 115 Å². The summed E-state index contributed by atoms with van der Waals surface area (Å²) >= 11 is 0. The summed E-state index contributed by atoms with van der Waals surface area (Å²) in [6, 6.07) is -0.631. The van der Waals surface area contributed by atoms with Crippen LogP contribution in [0, 0.1) is 0 Å². The minimum Gasteiger partial charge on any atom is -0.468 e. The molecule has 1 rings (SSSR count). The lowest BCUT2D eigenvalue weighted by atomic mass is 9.98. The summed E-state index contributed by atoms with van der Waals surface area (Å²) in [4.78, 5) is 25.9. The van der Waals surface area contributed by atoms with Crippen molar-refractivity contribution in [3.8, 4) is 0 Å². The van der Waals surface area contributed by atoms with Crippen LogP contribution in [-0.2, 0) is 19.1 Å². The van der Waals surface area contributed by atoms with E-state index in [1.54, 1.807) is 6.92 Å². The minimum absolute atomic E-state index is 0.222. The fourth-order valence-electron chi connectivity index (χ4n) is 2.65. The summed E-state index contributed by atoms with van der Waals surface area (Å²) in [5.41, 5.74) is 0. The number of hydrogen-bond donors (Lipinski definition) is 0. The molecule has 0 spiro atoms. The summed E-state index contributed by atoms with van der Waals surface area (Å²) in [7, 11) is 1.40. The zero-order valence-corrected chi connectivity index (χ0v) is 12.2. The fraction of sp³-hybridized carbons (Fsp3) is 0.857. The van der Waals surface area contributed by atoms with Gasteiger partial charge in [0.05, 0.1) is 13.7 Å². The quantitative estimate of drug-likeness (QED) is 0.689. The highest BCUT2D eigenvalue weighted by atomic mass is 16.5. The topological polar surface area (TPSA) is 55.8 Å². The molecule has 5 nitrogen and oxygen atoms in total. The van der Waals surface area contributed by atoms with Crippen molar-refractivity contribution in [2.45, 2.75) is 58.0 Å². The lowest BCUT2D eigenvalue weighted by Gasteiger charge is -2.38. The molecule has 0 aromatic carbocycles. The van der Waals surface area contributed by atoms with Crippen molar-refractivity contribution in [3.05, 3.63) is 0 Å². The van der Waals surface area contributed by atoms with Crippen LogP contribution in [0.25, 0.3) is 0 Å². The van der Waals surface area contributed by atoms with Crippen molar-refractivity contribution < 1.29 is 19.1 Å². The third-order valence-electron chi connectivity index (χ3n) is 3.54. The second-order valence-corrected chi connectivity index (χ2v) is 4.83. The number of ether oxygens (including phenoxy) is 2.